The Kier molecular flexibility index (Phi) is 3.71. The number of aryl methyl sites for hydroxylation is 1. The number of aromatic nitrogens is 3. The molecule has 1 unspecified atom stereocenters. The van der Waals surface area contributed by atoms with Crippen LogP contribution < -0.4 is 5.73 Å². The fourth-order valence-corrected chi connectivity index (χ4v) is 2.31. The third-order valence-corrected chi connectivity index (χ3v) is 3.38. The standard InChI is InChI=1S/C15H22N4/c1-15(2,3)12-8-6-5-7-11(12)13(16)9-14-17-10-18-19(14)4/h5-8,10,13H,9,16H2,1-4H3. The van der Waals surface area contributed by atoms with Crippen molar-refractivity contribution in [1.82, 2.24) is 14.8 Å². The molecule has 0 amide bonds. The van der Waals surface area contributed by atoms with Gasteiger partial charge >= 0.3 is 0 Å². The summed E-state index contributed by atoms with van der Waals surface area (Å²) in [4.78, 5) is 4.24. The van der Waals surface area contributed by atoms with E-state index in [2.05, 4.69) is 49.1 Å². The fraction of sp³-hybridized carbons (Fsp3) is 0.467. The molecule has 0 spiro atoms. The van der Waals surface area contributed by atoms with Gasteiger partial charge in [0.05, 0.1) is 0 Å². The highest BCUT2D eigenvalue weighted by molar-refractivity contribution is 5.35. The third kappa shape index (κ3) is 3.01. The highest BCUT2D eigenvalue weighted by atomic mass is 15.3. The number of benzene rings is 1. The molecule has 102 valence electrons. The second-order valence-electron chi connectivity index (χ2n) is 5.95. The van der Waals surface area contributed by atoms with Crippen molar-refractivity contribution in [2.75, 3.05) is 0 Å². The Morgan fingerprint density at radius 2 is 1.95 bits per heavy atom. The minimum absolute atomic E-state index is 0.0571. The van der Waals surface area contributed by atoms with Crippen molar-refractivity contribution in [1.29, 1.82) is 0 Å². The van der Waals surface area contributed by atoms with E-state index in [1.807, 2.05) is 13.1 Å². The van der Waals surface area contributed by atoms with Gasteiger partial charge in [0.15, 0.2) is 0 Å². The van der Waals surface area contributed by atoms with Gasteiger partial charge in [0, 0.05) is 19.5 Å². The van der Waals surface area contributed by atoms with Gasteiger partial charge in [-0.1, -0.05) is 45.0 Å². The minimum Gasteiger partial charge on any atom is -0.324 e. The van der Waals surface area contributed by atoms with Gasteiger partial charge in [0.25, 0.3) is 0 Å². The van der Waals surface area contributed by atoms with Crippen LogP contribution >= 0.6 is 0 Å². The number of nitrogens with zero attached hydrogens (tertiary/aromatic N) is 3. The van der Waals surface area contributed by atoms with Crippen molar-refractivity contribution in [3.05, 3.63) is 47.5 Å². The Morgan fingerprint density at radius 1 is 1.26 bits per heavy atom. The molecule has 0 bridgehead atoms. The lowest BCUT2D eigenvalue weighted by molar-refractivity contribution is 0.560. The molecule has 0 fully saturated rings. The Balaban J connectivity index is 2.29. The lowest BCUT2D eigenvalue weighted by Crippen LogP contribution is -2.22. The van der Waals surface area contributed by atoms with E-state index in [0.29, 0.717) is 6.42 Å². The second-order valence-corrected chi connectivity index (χ2v) is 5.95. The van der Waals surface area contributed by atoms with Crippen molar-refractivity contribution in [2.24, 2.45) is 12.8 Å². The predicted molar refractivity (Wildman–Crippen MR) is 76.8 cm³/mol. The van der Waals surface area contributed by atoms with E-state index >= 15 is 0 Å². The van der Waals surface area contributed by atoms with Crippen LogP contribution in [0.2, 0.25) is 0 Å². The topological polar surface area (TPSA) is 56.7 Å². The molecular weight excluding hydrogens is 236 g/mol. The zero-order valence-electron chi connectivity index (χ0n) is 12.1. The Hall–Kier alpha value is -1.68. The summed E-state index contributed by atoms with van der Waals surface area (Å²) in [5.74, 6) is 0.913. The molecule has 0 saturated carbocycles. The van der Waals surface area contributed by atoms with Gasteiger partial charge in [-0.3, -0.25) is 4.68 Å². The van der Waals surface area contributed by atoms with Gasteiger partial charge in [-0.25, -0.2) is 4.98 Å². The molecule has 4 nitrogen and oxygen atoms in total. The highest BCUT2D eigenvalue weighted by Gasteiger charge is 2.21. The summed E-state index contributed by atoms with van der Waals surface area (Å²) in [6.07, 6.45) is 2.27. The number of hydrogen-bond acceptors (Lipinski definition) is 3. The van der Waals surface area contributed by atoms with Crippen molar-refractivity contribution in [3.63, 3.8) is 0 Å². The molecule has 0 aliphatic heterocycles. The summed E-state index contributed by atoms with van der Waals surface area (Å²) in [6, 6.07) is 8.33. The largest absolute Gasteiger partial charge is 0.324 e. The number of nitrogens with two attached hydrogens (primary N) is 1. The first-order chi connectivity index (χ1) is 8.89. The maximum absolute atomic E-state index is 6.37. The molecule has 4 heteroatoms. The Labute approximate surface area is 114 Å². The lowest BCUT2D eigenvalue weighted by atomic mass is 9.81. The maximum Gasteiger partial charge on any atom is 0.138 e. The summed E-state index contributed by atoms with van der Waals surface area (Å²) in [6.45, 7) is 6.63. The van der Waals surface area contributed by atoms with Crippen molar-refractivity contribution in [3.8, 4) is 0 Å². The lowest BCUT2D eigenvalue weighted by Gasteiger charge is -2.25. The van der Waals surface area contributed by atoms with E-state index < -0.39 is 0 Å². The highest BCUT2D eigenvalue weighted by Crippen LogP contribution is 2.29. The first kappa shape index (κ1) is 13.7. The SMILES string of the molecule is Cn1ncnc1CC(N)c1ccccc1C(C)(C)C. The minimum atomic E-state index is -0.0571. The van der Waals surface area contributed by atoms with E-state index in [-0.39, 0.29) is 11.5 Å². The molecule has 1 aromatic heterocycles. The molecular formula is C15H22N4. The summed E-state index contributed by atoms with van der Waals surface area (Å²) >= 11 is 0. The Bertz CT molecular complexity index is 551. The first-order valence-corrected chi connectivity index (χ1v) is 6.57. The summed E-state index contributed by atoms with van der Waals surface area (Å²) in [7, 11) is 1.89. The van der Waals surface area contributed by atoms with Crippen molar-refractivity contribution < 1.29 is 0 Å². The van der Waals surface area contributed by atoms with Gasteiger partial charge in [0.2, 0.25) is 0 Å². The Morgan fingerprint density at radius 3 is 2.53 bits per heavy atom. The average Bonchev–Trinajstić information content (AvgIpc) is 2.74. The van der Waals surface area contributed by atoms with E-state index in [1.165, 1.54) is 11.1 Å². The van der Waals surface area contributed by atoms with Crippen LogP contribution in [0.25, 0.3) is 0 Å². The summed E-state index contributed by atoms with van der Waals surface area (Å²) in [5, 5.41) is 4.08. The van der Waals surface area contributed by atoms with Gasteiger partial charge in [-0.05, 0) is 16.5 Å². The van der Waals surface area contributed by atoms with E-state index in [4.69, 9.17) is 5.73 Å². The van der Waals surface area contributed by atoms with Gasteiger partial charge in [0.1, 0.15) is 12.2 Å². The maximum atomic E-state index is 6.37. The number of rotatable bonds is 3. The molecule has 2 N–H and O–H groups in total. The van der Waals surface area contributed by atoms with E-state index in [0.717, 1.165) is 5.82 Å². The zero-order valence-corrected chi connectivity index (χ0v) is 12.1. The quantitative estimate of drug-likeness (QED) is 0.919. The van der Waals surface area contributed by atoms with Crippen LogP contribution in [-0.2, 0) is 18.9 Å². The molecule has 2 aromatic rings. The van der Waals surface area contributed by atoms with E-state index in [9.17, 15) is 0 Å². The van der Waals surface area contributed by atoms with Gasteiger partial charge < -0.3 is 5.73 Å². The smallest absolute Gasteiger partial charge is 0.138 e. The fourth-order valence-electron chi connectivity index (χ4n) is 2.31. The van der Waals surface area contributed by atoms with Crippen molar-refractivity contribution in [2.45, 2.75) is 38.6 Å². The monoisotopic (exact) mass is 258 g/mol. The molecule has 1 heterocycles. The van der Waals surface area contributed by atoms with Crippen LogP contribution in [0, 0.1) is 0 Å². The van der Waals surface area contributed by atoms with Crippen LogP contribution in [0.5, 0.6) is 0 Å². The molecule has 19 heavy (non-hydrogen) atoms. The molecule has 2 rings (SSSR count). The third-order valence-electron chi connectivity index (χ3n) is 3.38. The van der Waals surface area contributed by atoms with Crippen LogP contribution in [-0.4, -0.2) is 14.8 Å². The van der Waals surface area contributed by atoms with Crippen LogP contribution in [0.3, 0.4) is 0 Å². The van der Waals surface area contributed by atoms with Gasteiger partial charge in [-0.15, -0.1) is 0 Å². The molecule has 0 saturated heterocycles. The molecule has 1 aromatic carbocycles. The average molecular weight is 258 g/mol. The summed E-state index contributed by atoms with van der Waals surface area (Å²) < 4.78 is 1.78. The van der Waals surface area contributed by atoms with E-state index in [1.54, 1.807) is 11.0 Å². The molecule has 0 aliphatic rings. The zero-order chi connectivity index (χ0) is 14.0. The predicted octanol–water partition coefficient (Wildman–Crippen LogP) is 2.36. The van der Waals surface area contributed by atoms with Crippen LogP contribution in [0.4, 0.5) is 0 Å². The first-order valence-electron chi connectivity index (χ1n) is 6.57. The second kappa shape index (κ2) is 5.13. The molecule has 0 aliphatic carbocycles. The van der Waals surface area contributed by atoms with Crippen LogP contribution in [0.15, 0.2) is 30.6 Å². The molecule has 0 radical (unpaired) electrons. The van der Waals surface area contributed by atoms with Gasteiger partial charge in [-0.2, -0.15) is 5.10 Å². The summed E-state index contributed by atoms with van der Waals surface area (Å²) in [5.41, 5.74) is 8.95. The van der Waals surface area contributed by atoms with Crippen LogP contribution in [0.1, 0.15) is 43.8 Å². The molecule has 1 atom stereocenters. The number of hydrogen-bond donors (Lipinski definition) is 1. The van der Waals surface area contributed by atoms with Crippen molar-refractivity contribution >= 4 is 0 Å². The normalized spacial score (nSPS) is 13.5.